The van der Waals surface area contributed by atoms with E-state index in [1.807, 2.05) is 24.3 Å². The molecular weight excluding hydrogens is 560 g/mol. The second-order valence-electron chi connectivity index (χ2n) is 11.1. The van der Waals surface area contributed by atoms with E-state index >= 15 is 8.78 Å². The zero-order valence-corrected chi connectivity index (χ0v) is 23.5. The topological polar surface area (TPSA) is 117 Å². The molecule has 3 heterocycles. The van der Waals surface area contributed by atoms with E-state index in [-0.39, 0.29) is 42.2 Å². The van der Waals surface area contributed by atoms with Gasteiger partial charge in [-0.25, -0.2) is 13.6 Å². The van der Waals surface area contributed by atoms with Crippen molar-refractivity contribution in [2.24, 2.45) is 5.92 Å². The summed E-state index contributed by atoms with van der Waals surface area (Å²) in [7, 11) is 0. The lowest BCUT2D eigenvalue weighted by atomic mass is 9.97. The Morgan fingerprint density at radius 1 is 1.07 bits per heavy atom. The third-order valence-electron chi connectivity index (χ3n) is 7.93. The number of benzene rings is 3. The van der Waals surface area contributed by atoms with Crippen LogP contribution >= 0.6 is 0 Å². The zero-order valence-electron chi connectivity index (χ0n) is 23.5. The highest BCUT2D eigenvalue weighted by Gasteiger charge is 2.30. The number of aromatic amines is 1. The minimum atomic E-state index is -1.07. The van der Waals surface area contributed by atoms with Crippen LogP contribution in [0.15, 0.2) is 54.6 Å². The summed E-state index contributed by atoms with van der Waals surface area (Å²) >= 11 is 0. The van der Waals surface area contributed by atoms with Gasteiger partial charge in [0.25, 0.3) is 6.01 Å². The molecule has 2 atom stereocenters. The average Bonchev–Trinajstić information content (AvgIpc) is 3.39. The van der Waals surface area contributed by atoms with Gasteiger partial charge in [0.15, 0.2) is 11.9 Å². The van der Waals surface area contributed by atoms with Gasteiger partial charge in [-0.15, -0.1) is 0 Å². The van der Waals surface area contributed by atoms with Crippen molar-refractivity contribution in [3.05, 3.63) is 71.8 Å². The molecule has 2 fully saturated rings. The minimum Gasteiger partial charge on any atom is -0.479 e. The van der Waals surface area contributed by atoms with Gasteiger partial charge in [-0.2, -0.15) is 4.98 Å². The van der Waals surface area contributed by atoms with Crippen molar-refractivity contribution in [1.82, 2.24) is 14.9 Å². The number of likely N-dealkylation sites (tertiary alicyclic amines) is 1. The zero-order chi connectivity index (χ0) is 29.9. The fourth-order valence-corrected chi connectivity index (χ4v) is 5.70. The molecule has 9 nitrogen and oxygen atoms in total. The number of ether oxygens (including phenoxy) is 3. The first-order chi connectivity index (χ1) is 20.9. The predicted octanol–water partition coefficient (Wildman–Crippen LogP) is 4.63. The summed E-state index contributed by atoms with van der Waals surface area (Å²) in [6.45, 7) is 4.14. The Labute approximate surface area is 247 Å². The highest BCUT2D eigenvalue weighted by Crippen LogP contribution is 2.34. The van der Waals surface area contributed by atoms with Crippen LogP contribution in [0.1, 0.15) is 18.4 Å². The summed E-state index contributed by atoms with van der Waals surface area (Å²) in [6, 6.07) is 16.5. The van der Waals surface area contributed by atoms with E-state index in [2.05, 4.69) is 27.0 Å². The summed E-state index contributed by atoms with van der Waals surface area (Å²) in [4.78, 5) is 20.6. The summed E-state index contributed by atoms with van der Waals surface area (Å²) in [5.41, 5.74) is 3.42. The monoisotopic (exact) mass is 593 g/mol. The number of aliphatic carboxylic acids is 1. The smallest absolute Gasteiger partial charge is 0.332 e. The standard InChI is InChI=1S/C32H33F2N3O6/c33-25-14-26-30(36-32(35-26)43-24-9-11-42-27(13-24)31(39)40)29(34)28(25)23-7-5-22(6-8-23)21-3-1-19(2-4-21)15-37-16-20(17-37)18-41-12-10-38/h1-8,14,20,24,27,38H,9-13,15-18H2,(H,35,36)(H,39,40)/t24-,27+/m0/s1. The number of imidazole rings is 1. The first-order valence-corrected chi connectivity index (χ1v) is 14.4. The summed E-state index contributed by atoms with van der Waals surface area (Å²) in [6.07, 6.45) is -0.868. The number of aliphatic hydroxyl groups excluding tert-OH is 1. The average molecular weight is 594 g/mol. The molecule has 4 aromatic rings. The number of fused-ring (bicyclic) bond motifs is 1. The Morgan fingerprint density at radius 3 is 2.47 bits per heavy atom. The largest absolute Gasteiger partial charge is 0.479 e. The number of rotatable bonds is 11. The molecule has 11 heteroatoms. The van der Waals surface area contributed by atoms with Gasteiger partial charge in [-0.05, 0) is 22.3 Å². The normalized spacial score (nSPS) is 19.4. The first kappa shape index (κ1) is 29.2. The summed E-state index contributed by atoms with van der Waals surface area (Å²) < 4.78 is 47.1. The lowest BCUT2D eigenvalue weighted by Crippen LogP contribution is -2.48. The van der Waals surface area contributed by atoms with Gasteiger partial charge < -0.3 is 29.4 Å². The maximum Gasteiger partial charge on any atom is 0.332 e. The number of halogens is 2. The molecule has 0 amide bonds. The number of carbonyl (C=O) groups is 1. The number of nitrogens with one attached hydrogen (secondary N) is 1. The number of aliphatic hydroxyl groups is 1. The SMILES string of the molecule is O=C(O)[C@H]1C[C@@H](Oc2nc3c(F)c(-c4ccc(-c5ccc(CN6CC(COCCO)C6)cc5)cc4)c(F)cc3[nH]2)CCO1. The maximum atomic E-state index is 15.6. The van der Waals surface area contributed by atoms with Crippen LogP contribution in [0, 0.1) is 17.6 Å². The minimum absolute atomic E-state index is 0.00118. The lowest BCUT2D eigenvalue weighted by molar-refractivity contribution is -0.156. The number of H-pyrrole nitrogens is 1. The second kappa shape index (κ2) is 12.8. The van der Waals surface area contributed by atoms with Gasteiger partial charge in [0.05, 0.1) is 37.5 Å². The van der Waals surface area contributed by atoms with Crippen LogP contribution in [0.4, 0.5) is 8.78 Å². The Balaban J connectivity index is 1.11. The van der Waals surface area contributed by atoms with Crippen molar-refractivity contribution in [2.75, 3.05) is 39.5 Å². The molecule has 2 aliphatic heterocycles. The molecule has 226 valence electrons. The van der Waals surface area contributed by atoms with Crippen molar-refractivity contribution in [1.29, 1.82) is 0 Å². The van der Waals surface area contributed by atoms with E-state index in [9.17, 15) is 9.90 Å². The van der Waals surface area contributed by atoms with E-state index in [0.717, 1.165) is 30.8 Å². The van der Waals surface area contributed by atoms with Crippen LogP contribution < -0.4 is 4.74 Å². The fourth-order valence-electron chi connectivity index (χ4n) is 5.70. The first-order valence-electron chi connectivity index (χ1n) is 14.4. The molecule has 0 saturated carbocycles. The Morgan fingerprint density at radius 2 is 1.77 bits per heavy atom. The molecule has 0 bridgehead atoms. The van der Waals surface area contributed by atoms with Crippen molar-refractivity contribution in [3.63, 3.8) is 0 Å². The van der Waals surface area contributed by atoms with Gasteiger partial charge in [0.1, 0.15) is 17.4 Å². The van der Waals surface area contributed by atoms with E-state index < -0.39 is 29.8 Å². The molecule has 2 aliphatic rings. The van der Waals surface area contributed by atoms with Crippen molar-refractivity contribution in [3.8, 4) is 28.3 Å². The number of hydrogen-bond donors (Lipinski definition) is 3. The Bertz CT molecular complexity index is 1570. The molecular formula is C32H33F2N3O6. The molecule has 0 radical (unpaired) electrons. The number of carboxylic acid groups (broad SMARTS) is 1. The van der Waals surface area contributed by atoms with Crippen molar-refractivity contribution in [2.45, 2.75) is 31.6 Å². The van der Waals surface area contributed by atoms with Gasteiger partial charge in [0, 0.05) is 44.5 Å². The summed E-state index contributed by atoms with van der Waals surface area (Å²) in [5.74, 6) is -2.10. The molecule has 0 spiro atoms. The molecule has 0 aliphatic carbocycles. The number of carboxylic acids is 1. The second-order valence-corrected chi connectivity index (χ2v) is 11.1. The molecule has 3 N–H and O–H groups in total. The quantitative estimate of drug-likeness (QED) is 0.216. The summed E-state index contributed by atoms with van der Waals surface area (Å²) in [5, 5.41) is 18.0. The van der Waals surface area contributed by atoms with Crippen molar-refractivity contribution < 1.29 is 38.0 Å². The van der Waals surface area contributed by atoms with Crippen LogP contribution in [-0.2, 0) is 20.8 Å². The van der Waals surface area contributed by atoms with E-state index in [1.165, 1.54) is 11.6 Å². The molecule has 43 heavy (non-hydrogen) atoms. The van der Waals surface area contributed by atoms with Gasteiger partial charge in [-0.3, -0.25) is 4.90 Å². The number of hydrogen-bond acceptors (Lipinski definition) is 7. The van der Waals surface area contributed by atoms with Crippen LogP contribution in [0.3, 0.4) is 0 Å². The van der Waals surface area contributed by atoms with E-state index in [4.69, 9.17) is 19.3 Å². The molecule has 0 unspecified atom stereocenters. The lowest BCUT2D eigenvalue weighted by Gasteiger charge is -2.39. The van der Waals surface area contributed by atoms with Gasteiger partial charge >= 0.3 is 5.97 Å². The highest BCUT2D eigenvalue weighted by atomic mass is 19.1. The third kappa shape index (κ3) is 6.54. The molecule has 6 rings (SSSR count). The van der Waals surface area contributed by atoms with Gasteiger partial charge in [0.2, 0.25) is 0 Å². The number of nitrogens with zero attached hydrogens (tertiary/aromatic N) is 2. The third-order valence-corrected chi connectivity index (χ3v) is 7.93. The molecule has 1 aromatic heterocycles. The van der Waals surface area contributed by atoms with Crippen LogP contribution in [0.25, 0.3) is 33.3 Å². The van der Waals surface area contributed by atoms with Crippen LogP contribution in [0.2, 0.25) is 0 Å². The fraction of sp³-hybridized carbons (Fsp3) is 0.375. The van der Waals surface area contributed by atoms with Crippen LogP contribution in [0.5, 0.6) is 6.01 Å². The Kier molecular flexibility index (Phi) is 8.66. The van der Waals surface area contributed by atoms with E-state index in [0.29, 0.717) is 31.1 Å². The maximum absolute atomic E-state index is 15.6. The molecule has 2 saturated heterocycles. The van der Waals surface area contributed by atoms with Gasteiger partial charge in [-0.1, -0.05) is 48.5 Å². The van der Waals surface area contributed by atoms with Crippen LogP contribution in [-0.4, -0.2) is 82.8 Å². The highest BCUT2D eigenvalue weighted by molar-refractivity contribution is 5.84. The predicted molar refractivity (Wildman–Crippen MR) is 155 cm³/mol. The Hall–Kier alpha value is -3.90. The van der Waals surface area contributed by atoms with Crippen molar-refractivity contribution >= 4 is 17.0 Å². The van der Waals surface area contributed by atoms with E-state index in [1.54, 1.807) is 12.1 Å². The number of aromatic nitrogens is 2. The molecule has 3 aromatic carbocycles.